The number of carbonyl (C=O) groups excluding carboxylic acids is 1. The second-order valence-electron chi connectivity index (χ2n) is 6.99. The van der Waals surface area contributed by atoms with E-state index in [0.717, 1.165) is 16.3 Å². The first kappa shape index (κ1) is 19.8. The van der Waals surface area contributed by atoms with E-state index in [1.54, 1.807) is 48.8 Å². The molecule has 0 unspecified atom stereocenters. The predicted octanol–water partition coefficient (Wildman–Crippen LogP) is 3.83. The first-order valence-electron chi connectivity index (χ1n) is 9.91. The van der Waals surface area contributed by atoms with Crippen molar-refractivity contribution in [3.63, 3.8) is 0 Å². The molecule has 0 spiro atoms. The van der Waals surface area contributed by atoms with Gasteiger partial charge in [0.1, 0.15) is 5.01 Å². The zero-order chi connectivity index (χ0) is 21.9. The number of hydrogen-bond donors (Lipinski definition) is 1. The van der Waals surface area contributed by atoms with E-state index in [-0.39, 0.29) is 23.7 Å². The van der Waals surface area contributed by atoms with E-state index in [1.165, 1.54) is 16.0 Å². The van der Waals surface area contributed by atoms with Crippen molar-refractivity contribution in [3.05, 3.63) is 106 Å². The van der Waals surface area contributed by atoms with E-state index >= 15 is 0 Å². The quantitative estimate of drug-likeness (QED) is 0.449. The van der Waals surface area contributed by atoms with Crippen molar-refractivity contribution in [1.82, 2.24) is 25.1 Å². The number of hydrogen-bond acceptors (Lipinski definition) is 6. The summed E-state index contributed by atoms with van der Waals surface area (Å²) < 4.78 is 1.27. The Bertz CT molecular complexity index is 1460. The van der Waals surface area contributed by atoms with Gasteiger partial charge in [0, 0.05) is 28.7 Å². The fraction of sp³-hybridized carbons (Fsp3) is 0.0417. The molecule has 0 fully saturated rings. The average Bonchev–Trinajstić information content (AvgIpc) is 3.33. The number of amides is 1. The van der Waals surface area contributed by atoms with E-state index in [0.29, 0.717) is 16.5 Å². The molecule has 0 aliphatic heterocycles. The van der Waals surface area contributed by atoms with Gasteiger partial charge in [0.25, 0.3) is 11.5 Å². The molecule has 1 N–H and O–H groups in total. The van der Waals surface area contributed by atoms with Gasteiger partial charge in [-0.3, -0.25) is 14.6 Å². The standard InChI is InChI=1S/C24H17N5O2S/c30-23(26-14-21-27-20(15-32-21)16-10-12-25-13-11-16)22-18-8-4-5-9-19(18)24(31)29(28-22)17-6-2-1-3-7-17/h1-13,15H,14H2,(H,26,30). The number of thiazole rings is 1. The number of rotatable bonds is 5. The predicted molar refractivity (Wildman–Crippen MR) is 124 cm³/mol. The first-order valence-corrected chi connectivity index (χ1v) is 10.8. The summed E-state index contributed by atoms with van der Waals surface area (Å²) >= 11 is 1.47. The summed E-state index contributed by atoms with van der Waals surface area (Å²) in [6.45, 7) is 0.259. The molecular weight excluding hydrogens is 422 g/mol. The van der Waals surface area contributed by atoms with E-state index in [1.807, 2.05) is 35.7 Å². The lowest BCUT2D eigenvalue weighted by atomic mass is 10.1. The number of pyridine rings is 1. The summed E-state index contributed by atoms with van der Waals surface area (Å²) in [4.78, 5) is 34.7. The average molecular weight is 440 g/mol. The minimum absolute atomic E-state index is 0.190. The molecule has 5 rings (SSSR count). The van der Waals surface area contributed by atoms with E-state index in [9.17, 15) is 9.59 Å². The summed E-state index contributed by atoms with van der Waals surface area (Å²) in [6, 6.07) is 19.8. The van der Waals surface area contributed by atoms with Crippen molar-refractivity contribution in [3.8, 4) is 16.9 Å². The van der Waals surface area contributed by atoms with Gasteiger partial charge in [-0.2, -0.15) is 9.78 Å². The number of para-hydroxylation sites is 1. The Morgan fingerprint density at radius 3 is 2.44 bits per heavy atom. The summed E-state index contributed by atoms with van der Waals surface area (Å²) in [6.07, 6.45) is 3.43. The topological polar surface area (TPSA) is 89.8 Å². The van der Waals surface area contributed by atoms with Gasteiger partial charge < -0.3 is 5.32 Å². The molecule has 5 aromatic rings. The van der Waals surface area contributed by atoms with Crippen LogP contribution < -0.4 is 10.9 Å². The molecule has 0 aliphatic rings. The van der Waals surface area contributed by atoms with Crippen LogP contribution in [0.1, 0.15) is 15.5 Å². The second kappa shape index (κ2) is 8.52. The zero-order valence-electron chi connectivity index (χ0n) is 16.8. The molecule has 8 heteroatoms. The highest BCUT2D eigenvalue weighted by atomic mass is 32.1. The van der Waals surface area contributed by atoms with E-state index in [2.05, 4.69) is 20.4 Å². The molecule has 0 aliphatic carbocycles. The fourth-order valence-electron chi connectivity index (χ4n) is 3.39. The third-order valence-corrected chi connectivity index (χ3v) is 5.80. The SMILES string of the molecule is O=C(NCc1nc(-c2ccncc2)cs1)c1nn(-c2ccccc2)c(=O)c2ccccc12. The minimum Gasteiger partial charge on any atom is -0.344 e. The molecule has 7 nitrogen and oxygen atoms in total. The van der Waals surface area contributed by atoms with Gasteiger partial charge in [0.2, 0.25) is 0 Å². The van der Waals surface area contributed by atoms with Crippen LogP contribution in [0.3, 0.4) is 0 Å². The molecule has 3 aromatic heterocycles. The Balaban J connectivity index is 1.46. The van der Waals surface area contributed by atoms with Gasteiger partial charge in [-0.15, -0.1) is 11.3 Å². The van der Waals surface area contributed by atoms with Gasteiger partial charge in [0.15, 0.2) is 5.69 Å². The molecule has 0 saturated carbocycles. The Morgan fingerprint density at radius 1 is 0.938 bits per heavy atom. The van der Waals surface area contributed by atoms with E-state index in [4.69, 9.17) is 0 Å². The lowest BCUT2D eigenvalue weighted by Gasteiger charge is -2.11. The summed E-state index contributed by atoms with van der Waals surface area (Å²) in [5, 5.41) is 11.0. The normalized spacial score (nSPS) is 10.9. The summed E-state index contributed by atoms with van der Waals surface area (Å²) in [5.74, 6) is -0.369. The highest BCUT2D eigenvalue weighted by Crippen LogP contribution is 2.21. The third kappa shape index (κ3) is 3.79. The molecule has 0 radical (unpaired) electrons. The van der Waals surface area contributed by atoms with Gasteiger partial charge >= 0.3 is 0 Å². The van der Waals surface area contributed by atoms with Crippen molar-refractivity contribution >= 4 is 28.0 Å². The van der Waals surface area contributed by atoms with Crippen LogP contribution >= 0.6 is 11.3 Å². The molecule has 1 amide bonds. The van der Waals surface area contributed by atoms with Crippen molar-refractivity contribution < 1.29 is 4.79 Å². The first-order chi connectivity index (χ1) is 15.7. The van der Waals surface area contributed by atoms with Crippen LogP contribution in [0.25, 0.3) is 27.7 Å². The van der Waals surface area contributed by atoms with Crippen LogP contribution in [-0.4, -0.2) is 25.7 Å². The number of carbonyl (C=O) groups is 1. The van der Waals surface area contributed by atoms with Gasteiger partial charge in [-0.1, -0.05) is 36.4 Å². The summed E-state index contributed by atoms with van der Waals surface area (Å²) in [7, 11) is 0. The maximum atomic E-state index is 13.1. The van der Waals surface area contributed by atoms with Crippen molar-refractivity contribution in [2.24, 2.45) is 0 Å². The van der Waals surface area contributed by atoms with Crippen molar-refractivity contribution in [2.45, 2.75) is 6.54 Å². The molecule has 2 aromatic carbocycles. The number of benzene rings is 2. The molecule has 3 heterocycles. The molecule has 32 heavy (non-hydrogen) atoms. The van der Waals surface area contributed by atoms with Crippen LogP contribution in [0, 0.1) is 0 Å². The molecular formula is C24H17N5O2S. The minimum atomic E-state index is -0.369. The maximum absolute atomic E-state index is 13.1. The Kier molecular flexibility index (Phi) is 5.27. The molecule has 0 bridgehead atoms. The fourth-order valence-corrected chi connectivity index (χ4v) is 4.13. The Morgan fingerprint density at radius 2 is 1.66 bits per heavy atom. The lowest BCUT2D eigenvalue weighted by molar-refractivity contribution is 0.0946. The van der Waals surface area contributed by atoms with Crippen LogP contribution in [0.4, 0.5) is 0 Å². The molecule has 156 valence electrons. The molecule has 0 saturated heterocycles. The van der Waals surface area contributed by atoms with Crippen molar-refractivity contribution in [2.75, 3.05) is 0 Å². The van der Waals surface area contributed by atoms with Crippen LogP contribution in [0.5, 0.6) is 0 Å². The highest BCUT2D eigenvalue weighted by Gasteiger charge is 2.17. The van der Waals surface area contributed by atoms with Gasteiger partial charge in [0.05, 0.1) is 23.3 Å². The van der Waals surface area contributed by atoms with Crippen LogP contribution in [0.15, 0.2) is 89.3 Å². The number of nitrogens with one attached hydrogen (secondary N) is 1. The van der Waals surface area contributed by atoms with Gasteiger partial charge in [-0.05, 0) is 30.3 Å². The number of fused-ring (bicyclic) bond motifs is 1. The number of aromatic nitrogens is 4. The molecule has 0 atom stereocenters. The number of nitrogens with zero attached hydrogens (tertiary/aromatic N) is 4. The van der Waals surface area contributed by atoms with Gasteiger partial charge in [-0.25, -0.2) is 4.98 Å². The van der Waals surface area contributed by atoms with Crippen molar-refractivity contribution in [1.29, 1.82) is 0 Å². The van der Waals surface area contributed by atoms with Crippen LogP contribution in [0.2, 0.25) is 0 Å². The lowest BCUT2D eigenvalue weighted by Crippen LogP contribution is -2.29. The highest BCUT2D eigenvalue weighted by molar-refractivity contribution is 7.09. The smallest absolute Gasteiger partial charge is 0.279 e. The second-order valence-corrected chi connectivity index (χ2v) is 7.93. The maximum Gasteiger partial charge on any atom is 0.279 e. The monoisotopic (exact) mass is 439 g/mol. The summed E-state index contributed by atoms with van der Waals surface area (Å²) in [5.41, 5.74) is 2.32. The van der Waals surface area contributed by atoms with Crippen LogP contribution in [-0.2, 0) is 6.54 Å². The third-order valence-electron chi connectivity index (χ3n) is 4.95. The Hall–Kier alpha value is -4.17. The largest absolute Gasteiger partial charge is 0.344 e. The zero-order valence-corrected chi connectivity index (χ0v) is 17.6. The van der Waals surface area contributed by atoms with E-state index < -0.39 is 0 Å². The Labute approximate surface area is 187 Å².